The maximum Gasteiger partial charge on any atom is 0.243 e. The summed E-state index contributed by atoms with van der Waals surface area (Å²) in [5.41, 5.74) is 0.864. The number of benzene rings is 2. The summed E-state index contributed by atoms with van der Waals surface area (Å²) >= 11 is 0. The zero-order valence-corrected chi connectivity index (χ0v) is 20.3. The quantitative estimate of drug-likeness (QED) is 0.466. The van der Waals surface area contributed by atoms with Gasteiger partial charge in [0.2, 0.25) is 21.7 Å². The Kier molecular flexibility index (Phi) is 9.14. The lowest BCUT2D eigenvalue weighted by molar-refractivity contribution is -0.121. The predicted molar refractivity (Wildman–Crippen MR) is 127 cm³/mol. The Morgan fingerprint density at radius 1 is 1.06 bits per heavy atom. The van der Waals surface area contributed by atoms with E-state index in [1.807, 2.05) is 0 Å². The summed E-state index contributed by atoms with van der Waals surface area (Å²) in [5, 5.41) is 12.9. The van der Waals surface area contributed by atoms with Gasteiger partial charge in [-0.3, -0.25) is 4.79 Å². The van der Waals surface area contributed by atoms with Crippen LogP contribution in [-0.4, -0.2) is 70.3 Å². The number of aliphatic hydroxyl groups is 1. The van der Waals surface area contributed by atoms with Crippen LogP contribution in [0.3, 0.4) is 0 Å². The molecule has 1 saturated heterocycles. The van der Waals surface area contributed by atoms with Gasteiger partial charge in [0, 0.05) is 26.1 Å². The first-order valence-electron chi connectivity index (χ1n) is 11.2. The third-order valence-corrected chi connectivity index (χ3v) is 7.52. The molecule has 0 saturated carbocycles. The van der Waals surface area contributed by atoms with Crippen molar-refractivity contribution >= 4 is 15.9 Å². The lowest BCUT2D eigenvalue weighted by Crippen LogP contribution is -2.35. The van der Waals surface area contributed by atoms with E-state index in [0.717, 1.165) is 18.4 Å². The average Bonchev–Trinajstić information content (AvgIpc) is 3.41. The first-order chi connectivity index (χ1) is 16.3. The summed E-state index contributed by atoms with van der Waals surface area (Å²) in [6.07, 6.45) is 1.53. The molecule has 1 aliphatic rings. The summed E-state index contributed by atoms with van der Waals surface area (Å²) in [6.45, 7) is 1.11. The molecular weight excluding hydrogens is 460 g/mol. The molecule has 1 atom stereocenters. The number of amides is 1. The molecule has 1 unspecified atom stereocenters. The summed E-state index contributed by atoms with van der Waals surface area (Å²) in [4.78, 5) is 12.5. The third-order valence-electron chi connectivity index (χ3n) is 5.60. The molecule has 9 nitrogen and oxygen atoms in total. The predicted octanol–water partition coefficient (Wildman–Crippen LogP) is 1.98. The van der Waals surface area contributed by atoms with E-state index in [4.69, 9.17) is 14.2 Å². The highest BCUT2D eigenvalue weighted by Gasteiger charge is 2.26. The van der Waals surface area contributed by atoms with E-state index in [-0.39, 0.29) is 30.4 Å². The first kappa shape index (κ1) is 25.8. The van der Waals surface area contributed by atoms with Crippen LogP contribution < -0.4 is 19.5 Å². The minimum absolute atomic E-state index is 0.0311. The zero-order chi connectivity index (χ0) is 24.6. The SMILES string of the molecule is COc1cccc(OC)c1OCC(O)CNC(=O)CCc1ccc(S(=O)(=O)N2CCCC2)cc1. The molecule has 34 heavy (non-hydrogen) atoms. The van der Waals surface area contributed by atoms with Gasteiger partial charge in [0.15, 0.2) is 11.5 Å². The molecule has 1 heterocycles. The lowest BCUT2D eigenvalue weighted by atomic mass is 10.1. The van der Waals surface area contributed by atoms with Crippen molar-refractivity contribution in [2.45, 2.75) is 36.7 Å². The molecule has 1 aliphatic heterocycles. The van der Waals surface area contributed by atoms with Crippen molar-refractivity contribution in [1.29, 1.82) is 0 Å². The molecule has 0 aliphatic carbocycles. The fourth-order valence-corrected chi connectivity index (χ4v) is 5.20. The van der Waals surface area contributed by atoms with Crippen LogP contribution in [0.25, 0.3) is 0 Å². The van der Waals surface area contributed by atoms with E-state index in [2.05, 4.69) is 5.32 Å². The van der Waals surface area contributed by atoms with E-state index in [9.17, 15) is 18.3 Å². The number of aryl methyl sites for hydroxylation is 1. The molecule has 1 amide bonds. The van der Waals surface area contributed by atoms with Crippen LogP contribution in [0.15, 0.2) is 47.4 Å². The topological polar surface area (TPSA) is 114 Å². The lowest BCUT2D eigenvalue weighted by Gasteiger charge is -2.17. The number of sulfonamides is 1. The Morgan fingerprint density at radius 3 is 2.26 bits per heavy atom. The molecule has 3 rings (SSSR count). The normalized spacial score (nSPS) is 15.0. The monoisotopic (exact) mass is 492 g/mol. The van der Waals surface area contributed by atoms with Gasteiger partial charge in [-0.1, -0.05) is 18.2 Å². The summed E-state index contributed by atoms with van der Waals surface area (Å²) < 4.78 is 42.8. The number of carbonyl (C=O) groups is 1. The van der Waals surface area contributed by atoms with Crippen molar-refractivity contribution < 1.29 is 32.5 Å². The molecule has 0 spiro atoms. The Balaban J connectivity index is 1.42. The number of carbonyl (C=O) groups excluding carboxylic acids is 1. The number of para-hydroxylation sites is 1. The number of nitrogens with zero attached hydrogens (tertiary/aromatic N) is 1. The molecule has 2 aromatic carbocycles. The van der Waals surface area contributed by atoms with Crippen molar-refractivity contribution in [2.75, 3.05) is 40.5 Å². The summed E-state index contributed by atoms with van der Waals surface area (Å²) in [6, 6.07) is 11.9. The van der Waals surface area contributed by atoms with E-state index >= 15 is 0 Å². The molecule has 2 aromatic rings. The Hall–Kier alpha value is -2.82. The van der Waals surface area contributed by atoms with Crippen molar-refractivity contribution in [3.63, 3.8) is 0 Å². The van der Waals surface area contributed by atoms with Crippen molar-refractivity contribution in [2.24, 2.45) is 0 Å². The van der Waals surface area contributed by atoms with E-state index in [1.165, 1.54) is 18.5 Å². The van der Waals surface area contributed by atoms with Crippen LogP contribution in [0.4, 0.5) is 0 Å². The number of rotatable bonds is 12. The van der Waals surface area contributed by atoms with Gasteiger partial charge in [0.1, 0.15) is 12.7 Å². The second-order valence-electron chi connectivity index (χ2n) is 8.02. The molecule has 0 aromatic heterocycles. The Labute approximate surface area is 200 Å². The van der Waals surface area contributed by atoms with Gasteiger partial charge in [-0.2, -0.15) is 4.31 Å². The highest BCUT2D eigenvalue weighted by molar-refractivity contribution is 7.89. The molecule has 10 heteroatoms. The van der Waals surface area contributed by atoms with Gasteiger partial charge in [0.25, 0.3) is 0 Å². The zero-order valence-electron chi connectivity index (χ0n) is 19.5. The van der Waals surface area contributed by atoms with Crippen LogP contribution in [0, 0.1) is 0 Å². The standard InChI is InChI=1S/C24H32N2O7S/c1-31-21-6-5-7-22(32-2)24(21)33-17-19(27)16-25-23(28)13-10-18-8-11-20(12-9-18)34(29,30)26-14-3-4-15-26/h5-9,11-12,19,27H,3-4,10,13-17H2,1-2H3,(H,25,28). The largest absolute Gasteiger partial charge is 0.493 e. The number of hydrogen-bond acceptors (Lipinski definition) is 7. The van der Waals surface area contributed by atoms with Gasteiger partial charge in [-0.15, -0.1) is 0 Å². The maximum atomic E-state index is 12.6. The van der Waals surface area contributed by atoms with Crippen molar-refractivity contribution in [3.8, 4) is 17.2 Å². The van der Waals surface area contributed by atoms with Crippen molar-refractivity contribution in [3.05, 3.63) is 48.0 Å². The van der Waals surface area contributed by atoms with Crippen LogP contribution in [0.5, 0.6) is 17.2 Å². The highest BCUT2D eigenvalue weighted by atomic mass is 32.2. The van der Waals surface area contributed by atoms with Crippen LogP contribution in [0.2, 0.25) is 0 Å². The number of ether oxygens (including phenoxy) is 3. The maximum absolute atomic E-state index is 12.6. The van der Waals surface area contributed by atoms with Gasteiger partial charge in [-0.05, 0) is 49.1 Å². The van der Waals surface area contributed by atoms with Gasteiger partial charge >= 0.3 is 0 Å². The second kappa shape index (κ2) is 12.0. The molecular formula is C24H32N2O7S. The Morgan fingerprint density at radius 2 is 1.68 bits per heavy atom. The second-order valence-corrected chi connectivity index (χ2v) is 9.95. The van der Waals surface area contributed by atoms with Crippen LogP contribution in [0.1, 0.15) is 24.8 Å². The minimum Gasteiger partial charge on any atom is -0.493 e. The van der Waals surface area contributed by atoms with Crippen molar-refractivity contribution in [1.82, 2.24) is 9.62 Å². The highest BCUT2D eigenvalue weighted by Crippen LogP contribution is 2.36. The number of methoxy groups -OCH3 is 2. The van der Waals surface area contributed by atoms with E-state index in [0.29, 0.717) is 36.8 Å². The number of hydrogen-bond donors (Lipinski definition) is 2. The fraction of sp³-hybridized carbons (Fsp3) is 0.458. The average molecular weight is 493 g/mol. The van der Waals surface area contributed by atoms with E-state index in [1.54, 1.807) is 42.5 Å². The number of nitrogens with one attached hydrogen (secondary N) is 1. The molecule has 1 fully saturated rings. The first-order valence-corrected chi connectivity index (χ1v) is 12.7. The van der Waals surface area contributed by atoms with Gasteiger partial charge in [0.05, 0.1) is 19.1 Å². The van der Waals surface area contributed by atoms with Gasteiger partial charge in [-0.25, -0.2) is 8.42 Å². The van der Waals surface area contributed by atoms with E-state index < -0.39 is 16.1 Å². The molecule has 2 N–H and O–H groups in total. The molecule has 186 valence electrons. The Bertz CT molecular complexity index is 1030. The summed E-state index contributed by atoms with van der Waals surface area (Å²) in [7, 11) is -0.416. The molecule has 0 bridgehead atoms. The van der Waals surface area contributed by atoms with Crippen LogP contribution in [-0.2, 0) is 21.2 Å². The summed E-state index contributed by atoms with van der Waals surface area (Å²) in [5.74, 6) is 1.13. The smallest absolute Gasteiger partial charge is 0.243 e. The number of aliphatic hydroxyl groups excluding tert-OH is 1. The molecule has 0 radical (unpaired) electrons. The fourth-order valence-electron chi connectivity index (χ4n) is 3.68. The van der Waals surface area contributed by atoms with Gasteiger partial charge < -0.3 is 24.6 Å². The minimum atomic E-state index is -3.44. The third kappa shape index (κ3) is 6.62. The van der Waals surface area contributed by atoms with Crippen LogP contribution >= 0.6 is 0 Å².